The molecule has 2 rings (SSSR count). The molecular formula is C10H9F3N2O3S. The van der Waals surface area contributed by atoms with Crippen molar-refractivity contribution in [3.63, 3.8) is 0 Å². The first-order valence-corrected chi connectivity index (χ1v) is 6.56. The number of nitrogens with zero attached hydrogens (tertiary/aromatic N) is 1. The van der Waals surface area contributed by atoms with E-state index >= 15 is 0 Å². The molecule has 19 heavy (non-hydrogen) atoms. The minimum Gasteiger partial charge on any atom is -0.430 e. The highest BCUT2D eigenvalue weighted by Gasteiger charge is 2.53. The van der Waals surface area contributed by atoms with Gasteiger partial charge < -0.3 is 4.74 Å². The van der Waals surface area contributed by atoms with E-state index in [4.69, 9.17) is 0 Å². The average molecular weight is 294 g/mol. The standard InChI is InChI=1S/C10H9F3N2O3S/c1-9(15-14-8(18-9)10(11,12)13)19(16,17)7-5-3-2-4-6-7/h2-6,15H,1H3. The molecule has 0 saturated heterocycles. The molecule has 0 saturated carbocycles. The van der Waals surface area contributed by atoms with Crippen molar-refractivity contribution in [2.75, 3.05) is 0 Å². The summed E-state index contributed by atoms with van der Waals surface area (Å²) in [6.07, 6.45) is -4.85. The van der Waals surface area contributed by atoms with Crippen LogP contribution in [0.4, 0.5) is 13.2 Å². The van der Waals surface area contributed by atoms with E-state index in [1.54, 1.807) is 6.07 Å². The van der Waals surface area contributed by atoms with E-state index in [0.717, 1.165) is 6.92 Å². The van der Waals surface area contributed by atoms with Gasteiger partial charge in [0.25, 0.3) is 0 Å². The molecule has 0 aromatic heterocycles. The lowest BCUT2D eigenvalue weighted by Crippen LogP contribution is -2.46. The summed E-state index contributed by atoms with van der Waals surface area (Å²) in [6, 6.07) is 7.02. The topological polar surface area (TPSA) is 67.8 Å². The van der Waals surface area contributed by atoms with Gasteiger partial charge in [-0.3, -0.25) is 5.43 Å². The van der Waals surface area contributed by atoms with Gasteiger partial charge in [-0.2, -0.15) is 13.2 Å². The van der Waals surface area contributed by atoms with Gasteiger partial charge in [0.15, 0.2) is 0 Å². The van der Waals surface area contributed by atoms with Crippen LogP contribution in [-0.2, 0) is 14.6 Å². The third-order valence-corrected chi connectivity index (χ3v) is 4.55. The van der Waals surface area contributed by atoms with Crippen LogP contribution in [-0.4, -0.2) is 25.5 Å². The number of rotatable bonds is 2. The van der Waals surface area contributed by atoms with Gasteiger partial charge >= 0.3 is 17.1 Å². The summed E-state index contributed by atoms with van der Waals surface area (Å²) in [7, 11) is -4.18. The number of hydrogen-bond acceptors (Lipinski definition) is 5. The summed E-state index contributed by atoms with van der Waals surface area (Å²) in [6.45, 7) is 0.970. The Kier molecular flexibility index (Phi) is 2.96. The van der Waals surface area contributed by atoms with Crippen LogP contribution in [0.1, 0.15) is 6.92 Å². The molecule has 1 unspecified atom stereocenters. The van der Waals surface area contributed by atoms with E-state index in [9.17, 15) is 21.6 Å². The zero-order chi connectivity index (χ0) is 14.3. The van der Waals surface area contributed by atoms with Gasteiger partial charge in [-0.15, -0.1) is 5.10 Å². The highest BCUT2D eigenvalue weighted by atomic mass is 32.2. The second-order valence-corrected chi connectivity index (χ2v) is 6.15. The Bertz CT molecular complexity index is 613. The van der Waals surface area contributed by atoms with Gasteiger partial charge in [-0.05, 0) is 12.1 Å². The number of alkyl halides is 3. The Morgan fingerprint density at radius 2 is 1.84 bits per heavy atom. The van der Waals surface area contributed by atoms with Crippen LogP contribution < -0.4 is 5.43 Å². The Morgan fingerprint density at radius 1 is 1.26 bits per heavy atom. The lowest BCUT2D eigenvalue weighted by Gasteiger charge is -2.23. The first kappa shape index (κ1) is 13.7. The van der Waals surface area contributed by atoms with Crippen molar-refractivity contribution < 1.29 is 26.3 Å². The van der Waals surface area contributed by atoms with Gasteiger partial charge in [0.2, 0.25) is 9.84 Å². The van der Waals surface area contributed by atoms with Crippen molar-refractivity contribution in [3.05, 3.63) is 30.3 Å². The number of hydrazone groups is 1. The Morgan fingerprint density at radius 3 is 2.32 bits per heavy atom. The maximum absolute atomic E-state index is 12.4. The molecule has 0 radical (unpaired) electrons. The first-order valence-electron chi connectivity index (χ1n) is 5.07. The van der Waals surface area contributed by atoms with Gasteiger partial charge in [0.05, 0.1) is 4.90 Å². The lowest BCUT2D eigenvalue weighted by molar-refractivity contribution is -0.0810. The Labute approximate surface area is 107 Å². The maximum atomic E-state index is 12.4. The number of nitrogens with one attached hydrogen (secondary N) is 1. The van der Waals surface area contributed by atoms with E-state index in [1.807, 2.05) is 5.43 Å². The fourth-order valence-corrected chi connectivity index (χ4v) is 2.76. The number of hydrogen-bond donors (Lipinski definition) is 1. The monoisotopic (exact) mass is 294 g/mol. The molecule has 0 spiro atoms. The summed E-state index contributed by atoms with van der Waals surface area (Å²) in [4.78, 5) is -0.163. The van der Waals surface area contributed by atoms with Crippen molar-refractivity contribution in [1.82, 2.24) is 5.43 Å². The third-order valence-electron chi connectivity index (χ3n) is 2.46. The summed E-state index contributed by atoms with van der Waals surface area (Å²) in [5, 5.41) is 0.614. The van der Waals surface area contributed by atoms with Gasteiger partial charge in [0, 0.05) is 6.92 Å². The third kappa shape index (κ3) is 2.25. The van der Waals surface area contributed by atoms with Crippen LogP contribution in [0.25, 0.3) is 0 Å². The molecule has 1 atom stereocenters. The molecule has 0 amide bonds. The van der Waals surface area contributed by atoms with Crippen LogP contribution in [0.3, 0.4) is 0 Å². The van der Waals surface area contributed by atoms with Crippen molar-refractivity contribution >= 4 is 15.7 Å². The smallest absolute Gasteiger partial charge is 0.430 e. The molecular weight excluding hydrogens is 285 g/mol. The largest absolute Gasteiger partial charge is 0.470 e. The number of halogens is 3. The number of ether oxygens (including phenoxy) is 1. The summed E-state index contributed by atoms with van der Waals surface area (Å²) < 4.78 is 66.1. The maximum Gasteiger partial charge on any atom is 0.470 e. The molecule has 0 aliphatic carbocycles. The molecule has 1 aliphatic rings. The minimum atomic E-state index is -4.85. The molecule has 1 aromatic carbocycles. The minimum absolute atomic E-state index is 0.163. The number of benzene rings is 1. The highest BCUT2D eigenvalue weighted by Crippen LogP contribution is 2.32. The van der Waals surface area contributed by atoms with Crippen LogP contribution in [0, 0.1) is 0 Å². The van der Waals surface area contributed by atoms with Crippen molar-refractivity contribution in [3.8, 4) is 0 Å². The zero-order valence-electron chi connectivity index (χ0n) is 9.60. The van der Waals surface area contributed by atoms with E-state index in [2.05, 4.69) is 9.84 Å². The quantitative estimate of drug-likeness (QED) is 0.900. The van der Waals surface area contributed by atoms with Crippen LogP contribution >= 0.6 is 0 Å². The molecule has 104 valence electrons. The molecule has 1 N–H and O–H groups in total. The average Bonchev–Trinajstić information content (AvgIpc) is 2.75. The fraction of sp³-hybridized carbons (Fsp3) is 0.300. The SMILES string of the molecule is CC1(S(=O)(=O)c2ccccc2)NN=C(C(F)(F)F)O1. The van der Waals surface area contributed by atoms with E-state index in [1.165, 1.54) is 24.3 Å². The first-order chi connectivity index (χ1) is 8.67. The zero-order valence-corrected chi connectivity index (χ0v) is 10.4. The van der Waals surface area contributed by atoms with Gasteiger partial charge in [-0.25, -0.2) is 8.42 Å². The Balaban J connectivity index is 2.35. The molecule has 0 fully saturated rings. The predicted molar refractivity (Wildman–Crippen MR) is 59.7 cm³/mol. The Hall–Kier alpha value is -1.77. The lowest BCUT2D eigenvalue weighted by atomic mass is 10.4. The van der Waals surface area contributed by atoms with Crippen molar-refractivity contribution in [2.24, 2.45) is 5.10 Å². The fourth-order valence-electron chi connectivity index (χ4n) is 1.44. The normalized spacial score (nSPS) is 23.5. The van der Waals surface area contributed by atoms with E-state index in [-0.39, 0.29) is 4.90 Å². The summed E-state index contributed by atoms with van der Waals surface area (Å²) in [5.74, 6) is -1.62. The summed E-state index contributed by atoms with van der Waals surface area (Å²) >= 11 is 0. The predicted octanol–water partition coefficient (Wildman–Crippen LogP) is 1.63. The van der Waals surface area contributed by atoms with Crippen LogP contribution in [0.2, 0.25) is 0 Å². The van der Waals surface area contributed by atoms with Gasteiger partial charge in [-0.1, -0.05) is 18.2 Å². The van der Waals surface area contributed by atoms with Crippen molar-refractivity contribution in [2.45, 2.75) is 23.1 Å². The molecule has 9 heteroatoms. The second-order valence-electron chi connectivity index (χ2n) is 3.89. The second kappa shape index (κ2) is 4.12. The van der Waals surface area contributed by atoms with E-state index < -0.39 is 27.0 Å². The summed E-state index contributed by atoms with van der Waals surface area (Å²) in [5.41, 5.74) is 1.89. The van der Waals surface area contributed by atoms with Gasteiger partial charge in [0.1, 0.15) is 0 Å². The molecule has 1 heterocycles. The van der Waals surface area contributed by atoms with Crippen LogP contribution in [0.5, 0.6) is 0 Å². The van der Waals surface area contributed by atoms with E-state index in [0.29, 0.717) is 0 Å². The molecule has 1 aromatic rings. The highest BCUT2D eigenvalue weighted by molar-refractivity contribution is 7.92. The molecule has 5 nitrogen and oxygen atoms in total. The molecule has 1 aliphatic heterocycles. The molecule has 0 bridgehead atoms. The van der Waals surface area contributed by atoms with Crippen LogP contribution in [0.15, 0.2) is 40.3 Å². The number of sulfone groups is 1. The van der Waals surface area contributed by atoms with Crippen molar-refractivity contribution in [1.29, 1.82) is 0 Å².